The van der Waals surface area contributed by atoms with Crippen LogP contribution in [-0.2, 0) is 24.7 Å². The number of sulfone groups is 1. The summed E-state index contributed by atoms with van der Waals surface area (Å²) in [6.07, 6.45) is 1.36. The predicted octanol–water partition coefficient (Wildman–Crippen LogP) is 0.155. The Morgan fingerprint density at radius 3 is 2.60 bits per heavy atom. The normalized spacial score (nSPS) is 19.4. The van der Waals surface area contributed by atoms with Crippen molar-refractivity contribution < 1.29 is 26.4 Å². The van der Waals surface area contributed by atoms with Crippen molar-refractivity contribution in [3.8, 4) is 5.75 Å². The van der Waals surface area contributed by atoms with E-state index in [1.807, 2.05) is 0 Å². The summed E-state index contributed by atoms with van der Waals surface area (Å²) in [7, 11) is -5.26. The highest BCUT2D eigenvalue weighted by Crippen LogP contribution is 2.29. The number of para-hydroxylation sites is 2. The van der Waals surface area contributed by atoms with Crippen LogP contribution in [0.3, 0.4) is 0 Å². The summed E-state index contributed by atoms with van der Waals surface area (Å²) >= 11 is 0. The van der Waals surface area contributed by atoms with Crippen molar-refractivity contribution in [1.29, 1.82) is 0 Å². The topological polar surface area (TPSA) is 110 Å². The lowest BCUT2D eigenvalue weighted by molar-refractivity contribution is -0.121. The molecule has 140 valence electrons. The van der Waals surface area contributed by atoms with Gasteiger partial charge in [-0.3, -0.25) is 9.10 Å². The highest BCUT2D eigenvalue weighted by molar-refractivity contribution is 7.92. The number of anilines is 1. The van der Waals surface area contributed by atoms with E-state index >= 15 is 0 Å². The first-order valence-corrected chi connectivity index (χ1v) is 11.4. The lowest BCUT2D eigenvalue weighted by Gasteiger charge is -2.24. The third kappa shape index (κ3) is 5.33. The second kappa shape index (κ2) is 7.61. The summed E-state index contributed by atoms with van der Waals surface area (Å²) in [5.41, 5.74) is 0.351. The van der Waals surface area contributed by atoms with Crippen LogP contribution in [0.4, 0.5) is 5.69 Å². The van der Waals surface area contributed by atoms with Gasteiger partial charge in [-0.15, -0.1) is 0 Å². The molecule has 1 aromatic rings. The van der Waals surface area contributed by atoms with E-state index in [0.29, 0.717) is 17.9 Å². The molecule has 0 spiro atoms. The first kappa shape index (κ1) is 19.5. The monoisotopic (exact) mass is 390 g/mol. The number of nitrogens with zero attached hydrogens (tertiary/aromatic N) is 1. The standard InChI is InChI=1S/C15H22N2O6S2/c1-23-14-6-4-3-5-13(14)17(24(2,19)20)9-7-15(18)16-12-8-10-25(21,22)11-12/h3-6,12H,7-11H2,1-2H3,(H,16,18). The molecule has 1 saturated heterocycles. The van der Waals surface area contributed by atoms with Crippen molar-refractivity contribution in [2.24, 2.45) is 0 Å². The molecule has 1 unspecified atom stereocenters. The number of amides is 1. The molecule has 25 heavy (non-hydrogen) atoms. The second-order valence-electron chi connectivity index (χ2n) is 5.92. The van der Waals surface area contributed by atoms with E-state index in [-0.39, 0.29) is 30.4 Å². The van der Waals surface area contributed by atoms with Gasteiger partial charge in [-0.25, -0.2) is 16.8 Å². The summed E-state index contributed by atoms with van der Waals surface area (Å²) < 4.78 is 53.3. The van der Waals surface area contributed by atoms with Gasteiger partial charge < -0.3 is 10.1 Å². The highest BCUT2D eigenvalue weighted by atomic mass is 32.2. The third-order valence-electron chi connectivity index (χ3n) is 3.89. The van der Waals surface area contributed by atoms with Gasteiger partial charge in [-0.2, -0.15) is 0 Å². The van der Waals surface area contributed by atoms with Crippen molar-refractivity contribution in [3.05, 3.63) is 24.3 Å². The van der Waals surface area contributed by atoms with Gasteiger partial charge in [0.25, 0.3) is 0 Å². The Bertz CT molecular complexity index is 835. The molecule has 1 atom stereocenters. The molecular weight excluding hydrogens is 368 g/mol. The molecule has 0 aliphatic carbocycles. The second-order valence-corrected chi connectivity index (χ2v) is 10.1. The van der Waals surface area contributed by atoms with Gasteiger partial charge in [0.15, 0.2) is 9.84 Å². The molecule has 2 rings (SSSR count). The Kier molecular flexibility index (Phi) is 5.94. The number of rotatable bonds is 7. The van der Waals surface area contributed by atoms with Gasteiger partial charge in [0.2, 0.25) is 15.9 Å². The van der Waals surface area contributed by atoms with Gasteiger partial charge in [-0.05, 0) is 18.6 Å². The zero-order valence-corrected chi connectivity index (χ0v) is 15.8. The van der Waals surface area contributed by atoms with Crippen LogP contribution in [0.5, 0.6) is 5.75 Å². The number of sulfonamides is 1. The van der Waals surface area contributed by atoms with Crippen molar-refractivity contribution in [2.75, 3.05) is 35.7 Å². The van der Waals surface area contributed by atoms with Crippen molar-refractivity contribution in [1.82, 2.24) is 5.32 Å². The Balaban J connectivity index is 2.05. The zero-order chi connectivity index (χ0) is 18.7. The molecule has 10 heteroatoms. The van der Waals surface area contributed by atoms with E-state index in [2.05, 4.69) is 5.32 Å². The third-order valence-corrected chi connectivity index (χ3v) is 6.84. The van der Waals surface area contributed by atoms with E-state index < -0.39 is 25.9 Å². The van der Waals surface area contributed by atoms with Crippen LogP contribution < -0.4 is 14.4 Å². The van der Waals surface area contributed by atoms with Crippen LogP contribution in [0, 0.1) is 0 Å². The molecule has 0 aromatic heterocycles. The quantitative estimate of drug-likeness (QED) is 0.710. The molecule has 0 bridgehead atoms. The average molecular weight is 390 g/mol. The molecule has 0 radical (unpaired) electrons. The summed E-state index contributed by atoms with van der Waals surface area (Å²) in [5, 5.41) is 2.65. The van der Waals surface area contributed by atoms with Gasteiger partial charge in [0.05, 0.1) is 30.6 Å². The molecule has 1 N–H and O–H groups in total. The van der Waals surface area contributed by atoms with Crippen LogP contribution in [-0.4, -0.2) is 60.2 Å². The minimum atomic E-state index is -3.61. The summed E-state index contributed by atoms with van der Waals surface area (Å²) in [4.78, 5) is 12.1. The lowest BCUT2D eigenvalue weighted by Crippen LogP contribution is -2.39. The maximum Gasteiger partial charge on any atom is 0.232 e. The SMILES string of the molecule is COc1ccccc1N(CCC(=O)NC1CCS(=O)(=O)C1)S(C)(=O)=O. The van der Waals surface area contributed by atoms with Crippen LogP contribution >= 0.6 is 0 Å². The Morgan fingerprint density at radius 1 is 1.36 bits per heavy atom. The Morgan fingerprint density at radius 2 is 2.04 bits per heavy atom. The Labute approximate surface area is 148 Å². The zero-order valence-electron chi connectivity index (χ0n) is 14.1. The summed E-state index contributed by atoms with van der Waals surface area (Å²) in [6.45, 7) is -0.0650. The van der Waals surface area contributed by atoms with Gasteiger partial charge in [0, 0.05) is 19.0 Å². The predicted molar refractivity (Wildman–Crippen MR) is 95.0 cm³/mol. The average Bonchev–Trinajstić information content (AvgIpc) is 2.85. The maximum atomic E-state index is 12.1. The van der Waals surface area contributed by atoms with Gasteiger partial charge in [-0.1, -0.05) is 12.1 Å². The number of hydrogen-bond donors (Lipinski definition) is 1. The molecule has 1 aliphatic heterocycles. The van der Waals surface area contributed by atoms with Crippen molar-refractivity contribution >= 4 is 31.5 Å². The number of ether oxygens (including phenoxy) is 1. The van der Waals surface area contributed by atoms with Crippen LogP contribution in [0.1, 0.15) is 12.8 Å². The summed E-state index contributed by atoms with van der Waals surface area (Å²) in [5.74, 6) is -0.00350. The molecule has 1 aliphatic rings. The molecule has 1 fully saturated rings. The maximum absolute atomic E-state index is 12.1. The first-order chi connectivity index (χ1) is 11.6. The summed E-state index contributed by atoms with van der Waals surface area (Å²) in [6, 6.07) is 6.23. The number of methoxy groups -OCH3 is 1. The van der Waals surface area contributed by atoms with Crippen LogP contribution in [0.25, 0.3) is 0 Å². The number of carbonyl (C=O) groups excluding carboxylic acids is 1. The minimum Gasteiger partial charge on any atom is -0.495 e. The highest BCUT2D eigenvalue weighted by Gasteiger charge is 2.29. The number of nitrogens with one attached hydrogen (secondary N) is 1. The number of hydrogen-bond acceptors (Lipinski definition) is 6. The molecule has 1 heterocycles. The number of benzene rings is 1. The van der Waals surface area contributed by atoms with E-state index in [4.69, 9.17) is 4.74 Å². The van der Waals surface area contributed by atoms with Crippen LogP contribution in [0.2, 0.25) is 0 Å². The Hall–Kier alpha value is -1.81. The van der Waals surface area contributed by atoms with E-state index in [9.17, 15) is 21.6 Å². The molecular formula is C15H22N2O6S2. The van der Waals surface area contributed by atoms with E-state index in [1.165, 1.54) is 7.11 Å². The van der Waals surface area contributed by atoms with Gasteiger partial charge in [0.1, 0.15) is 5.75 Å². The molecule has 1 aromatic carbocycles. The minimum absolute atomic E-state index is 0.0641. The largest absolute Gasteiger partial charge is 0.495 e. The fourth-order valence-corrected chi connectivity index (χ4v) is 5.32. The van der Waals surface area contributed by atoms with Crippen molar-refractivity contribution in [2.45, 2.75) is 18.9 Å². The van der Waals surface area contributed by atoms with Crippen molar-refractivity contribution in [3.63, 3.8) is 0 Å². The lowest BCUT2D eigenvalue weighted by atomic mass is 10.2. The molecule has 1 amide bonds. The van der Waals surface area contributed by atoms with E-state index in [0.717, 1.165) is 10.6 Å². The van der Waals surface area contributed by atoms with Crippen LogP contribution in [0.15, 0.2) is 24.3 Å². The molecule has 0 saturated carbocycles. The number of carbonyl (C=O) groups is 1. The molecule has 8 nitrogen and oxygen atoms in total. The van der Waals surface area contributed by atoms with Gasteiger partial charge >= 0.3 is 0 Å². The van der Waals surface area contributed by atoms with E-state index in [1.54, 1.807) is 24.3 Å². The first-order valence-electron chi connectivity index (χ1n) is 7.73. The fraction of sp³-hybridized carbons (Fsp3) is 0.533. The smallest absolute Gasteiger partial charge is 0.232 e. The fourth-order valence-electron chi connectivity index (χ4n) is 2.71.